The van der Waals surface area contributed by atoms with Crippen LogP contribution in [0.5, 0.6) is 0 Å². The molecule has 0 saturated heterocycles. The van der Waals surface area contributed by atoms with E-state index in [1.807, 2.05) is 4.90 Å². The van der Waals surface area contributed by atoms with Crippen LogP contribution in [0.2, 0.25) is 0 Å². The first-order valence-electron chi connectivity index (χ1n) is 8.12. The highest BCUT2D eigenvalue weighted by atomic mass is 16.2. The molecule has 0 atom stereocenters. The monoisotopic (exact) mass is 290 g/mol. The van der Waals surface area contributed by atoms with E-state index >= 15 is 0 Å². The highest BCUT2D eigenvalue weighted by Crippen LogP contribution is 2.18. The number of benzene rings is 1. The predicted molar refractivity (Wildman–Crippen MR) is 90.9 cm³/mol. The zero-order valence-electron chi connectivity index (χ0n) is 14.1. The maximum absolute atomic E-state index is 12.4. The van der Waals surface area contributed by atoms with Crippen LogP contribution >= 0.6 is 0 Å². The number of nitrogens with zero attached hydrogens (tertiary/aromatic N) is 2. The smallest absolute Gasteiger partial charge is 0.226 e. The molecule has 0 heterocycles. The highest BCUT2D eigenvalue weighted by molar-refractivity contribution is 5.93. The Morgan fingerprint density at radius 2 is 1.67 bits per heavy atom. The standard InChI is InChI=1S/C18H30N2O/c1-5-7-9-18(21)20(15-8-14-19(3)4)17-12-10-16(6-2)11-13-17/h10-13H,5-9,14-15H2,1-4H3. The quantitative estimate of drug-likeness (QED) is 0.692. The number of anilines is 1. The molecular formula is C18H30N2O. The summed E-state index contributed by atoms with van der Waals surface area (Å²) in [5.74, 6) is 0.250. The number of carbonyl (C=O) groups is 1. The fraction of sp³-hybridized carbons (Fsp3) is 0.611. The summed E-state index contributed by atoms with van der Waals surface area (Å²) in [5.41, 5.74) is 2.35. The molecule has 0 saturated carbocycles. The molecule has 0 N–H and O–H groups in total. The fourth-order valence-corrected chi connectivity index (χ4v) is 2.32. The molecule has 0 bridgehead atoms. The summed E-state index contributed by atoms with van der Waals surface area (Å²) in [5, 5.41) is 0. The van der Waals surface area contributed by atoms with Crippen molar-refractivity contribution in [1.29, 1.82) is 0 Å². The van der Waals surface area contributed by atoms with Crippen LogP contribution < -0.4 is 4.90 Å². The van der Waals surface area contributed by atoms with Gasteiger partial charge in [-0.3, -0.25) is 4.79 Å². The number of hydrogen-bond donors (Lipinski definition) is 0. The summed E-state index contributed by atoms with van der Waals surface area (Å²) in [6, 6.07) is 8.42. The molecule has 1 aromatic rings. The molecule has 3 nitrogen and oxygen atoms in total. The lowest BCUT2D eigenvalue weighted by Gasteiger charge is -2.24. The van der Waals surface area contributed by atoms with Crippen molar-refractivity contribution in [3.05, 3.63) is 29.8 Å². The van der Waals surface area contributed by atoms with Crippen LogP contribution in [0.25, 0.3) is 0 Å². The zero-order chi connectivity index (χ0) is 15.7. The molecule has 1 amide bonds. The van der Waals surface area contributed by atoms with E-state index in [1.165, 1.54) is 5.56 Å². The lowest BCUT2D eigenvalue weighted by Crippen LogP contribution is -2.33. The van der Waals surface area contributed by atoms with Gasteiger partial charge in [0, 0.05) is 18.7 Å². The van der Waals surface area contributed by atoms with Crippen LogP contribution in [0.4, 0.5) is 5.69 Å². The lowest BCUT2D eigenvalue weighted by atomic mass is 10.1. The van der Waals surface area contributed by atoms with Crippen molar-refractivity contribution in [2.45, 2.75) is 46.0 Å². The Kier molecular flexibility index (Phi) is 8.06. The SMILES string of the molecule is CCCCC(=O)N(CCCN(C)C)c1ccc(CC)cc1. The van der Waals surface area contributed by atoms with E-state index in [-0.39, 0.29) is 5.91 Å². The van der Waals surface area contributed by atoms with Gasteiger partial charge in [0.05, 0.1) is 0 Å². The summed E-state index contributed by atoms with van der Waals surface area (Å²) < 4.78 is 0. The second-order valence-corrected chi connectivity index (χ2v) is 5.83. The minimum Gasteiger partial charge on any atom is -0.312 e. The van der Waals surface area contributed by atoms with E-state index in [1.54, 1.807) is 0 Å². The molecule has 3 heteroatoms. The summed E-state index contributed by atoms with van der Waals surface area (Å²) in [7, 11) is 4.14. The predicted octanol–water partition coefficient (Wildman–Crippen LogP) is 3.72. The van der Waals surface area contributed by atoms with Gasteiger partial charge in [-0.1, -0.05) is 32.4 Å². The van der Waals surface area contributed by atoms with Gasteiger partial charge in [0.2, 0.25) is 5.91 Å². The summed E-state index contributed by atoms with van der Waals surface area (Å²) in [6.07, 6.45) is 4.71. The Balaban J connectivity index is 2.75. The molecule has 0 aliphatic rings. The molecule has 1 rings (SSSR count). The Morgan fingerprint density at radius 3 is 2.19 bits per heavy atom. The number of unbranched alkanes of at least 4 members (excludes halogenated alkanes) is 1. The molecular weight excluding hydrogens is 260 g/mol. The molecule has 118 valence electrons. The second kappa shape index (κ2) is 9.56. The first-order valence-corrected chi connectivity index (χ1v) is 8.12. The minimum absolute atomic E-state index is 0.250. The van der Waals surface area contributed by atoms with Crippen LogP contribution in [0.1, 0.15) is 45.1 Å². The Bertz CT molecular complexity index is 412. The van der Waals surface area contributed by atoms with Gasteiger partial charge in [0.15, 0.2) is 0 Å². The fourth-order valence-electron chi connectivity index (χ4n) is 2.32. The third-order valence-electron chi connectivity index (χ3n) is 3.69. The third-order valence-corrected chi connectivity index (χ3v) is 3.69. The van der Waals surface area contributed by atoms with Crippen molar-refractivity contribution in [1.82, 2.24) is 4.90 Å². The van der Waals surface area contributed by atoms with E-state index in [9.17, 15) is 4.79 Å². The molecule has 0 aliphatic carbocycles. The molecule has 0 spiro atoms. The third kappa shape index (κ3) is 6.30. The summed E-state index contributed by atoms with van der Waals surface area (Å²) in [4.78, 5) is 16.6. The van der Waals surface area contributed by atoms with Gasteiger partial charge in [-0.15, -0.1) is 0 Å². The van der Waals surface area contributed by atoms with Crippen molar-refractivity contribution in [3.8, 4) is 0 Å². The van der Waals surface area contributed by atoms with E-state index in [0.29, 0.717) is 6.42 Å². The number of aryl methyl sites for hydroxylation is 1. The Labute approximate surface area is 129 Å². The average Bonchev–Trinajstić information content (AvgIpc) is 2.49. The van der Waals surface area contributed by atoms with Gasteiger partial charge >= 0.3 is 0 Å². The average molecular weight is 290 g/mol. The van der Waals surface area contributed by atoms with Crippen LogP contribution in [-0.2, 0) is 11.2 Å². The van der Waals surface area contributed by atoms with Gasteiger partial charge in [-0.25, -0.2) is 0 Å². The first kappa shape index (κ1) is 17.7. The molecule has 1 aromatic carbocycles. The van der Waals surface area contributed by atoms with Gasteiger partial charge in [0.1, 0.15) is 0 Å². The van der Waals surface area contributed by atoms with Crippen molar-refractivity contribution in [3.63, 3.8) is 0 Å². The van der Waals surface area contributed by atoms with E-state index in [2.05, 4.69) is 57.1 Å². The van der Waals surface area contributed by atoms with Crippen LogP contribution in [0, 0.1) is 0 Å². The normalized spacial score (nSPS) is 10.9. The van der Waals surface area contributed by atoms with Gasteiger partial charge in [0.25, 0.3) is 0 Å². The van der Waals surface area contributed by atoms with Crippen LogP contribution in [0.15, 0.2) is 24.3 Å². The maximum atomic E-state index is 12.4. The van der Waals surface area contributed by atoms with Crippen molar-refractivity contribution >= 4 is 11.6 Å². The van der Waals surface area contributed by atoms with E-state index < -0.39 is 0 Å². The lowest BCUT2D eigenvalue weighted by molar-refractivity contribution is -0.118. The first-order chi connectivity index (χ1) is 10.1. The van der Waals surface area contributed by atoms with Crippen molar-refractivity contribution in [2.75, 3.05) is 32.1 Å². The minimum atomic E-state index is 0.250. The second-order valence-electron chi connectivity index (χ2n) is 5.83. The highest BCUT2D eigenvalue weighted by Gasteiger charge is 2.14. The van der Waals surface area contributed by atoms with Gasteiger partial charge < -0.3 is 9.80 Å². The van der Waals surface area contributed by atoms with E-state index in [0.717, 1.165) is 44.5 Å². The molecule has 0 aromatic heterocycles. The zero-order valence-corrected chi connectivity index (χ0v) is 14.1. The molecule has 0 unspecified atom stereocenters. The summed E-state index contributed by atoms with van der Waals surface area (Å²) in [6.45, 7) is 6.08. The number of hydrogen-bond acceptors (Lipinski definition) is 2. The molecule has 0 radical (unpaired) electrons. The number of amides is 1. The van der Waals surface area contributed by atoms with Crippen molar-refractivity contribution in [2.24, 2.45) is 0 Å². The van der Waals surface area contributed by atoms with Crippen LogP contribution in [0.3, 0.4) is 0 Å². The Hall–Kier alpha value is -1.35. The van der Waals surface area contributed by atoms with Crippen LogP contribution in [-0.4, -0.2) is 38.0 Å². The largest absolute Gasteiger partial charge is 0.312 e. The van der Waals surface area contributed by atoms with Gasteiger partial charge in [-0.05, 0) is 57.6 Å². The number of carbonyl (C=O) groups excluding carboxylic acids is 1. The topological polar surface area (TPSA) is 23.6 Å². The number of rotatable bonds is 9. The van der Waals surface area contributed by atoms with Gasteiger partial charge in [-0.2, -0.15) is 0 Å². The Morgan fingerprint density at radius 1 is 1.00 bits per heavy atom. The molecule has 21 heavy (non-hydrogen) atoms. The molecule has 0 fully saturated rings. The maximum Gasteiger partial charge on any atom is 0.226 e. The molecule has 0 aliphatic heterocycles. The summed E-state index contributed by atoms with van der Waals surface area (Å²) >= 11 is 0. The van der Waals surface area contributed by atoms with Crippen molar-refractivity contribution < 1.29 is 4.79 Å². The van der Waals surface area contributed by atoms with E-state index in [4.69, 9.17) is 0 Å².